The molecule has 1 rings (SSSR count). The summed E-state index contributed by atoms with van der Waals surface area (Å²) in [5.74, 6) is -1.27. The Bertz CT molecular complexity index is 297. The molecule has 0 saturated carbocycles. The monoisotopic (exact) mass is 188 g/mol. The summed E-state index contributed by atoms with van der Waals surface area (Å²) in [7, 11) is -4.24. The second-order valence-corrected chi connectivity index (χ2v) is 4.05. The third-order valence-corrected chi connectivity index (χ3v) is 2.41. The van der Waals surface area contributed by atoms with E-state index in [9.17, 15) is 4.57 Å². The van der Waals surface area contributed by atoms with E-state index in [0.717, 1.165) is 0 Å². The molecule has 12 heavy (non-hydrogen) atoms. The van der Waals surface area contributed by atoms with Gasteiger partial charge in [0.1, 0.15) is 5.78 Å². The normalized spacial score (nSPS) is 14.2. The van der Waals surface area contributed by atoms with Crippen molar-refractivity contribution in [2.75, 3.05) is 0 Å². The summed E-state index contributed by atoms with van der Waals surface area (Å²) < 4.78 is 10.7. The topological polar surface area (TPSA) is 96.4 Å². The average molecular weight is 188 g/mol. The van der Waals surface area contributed by atoms with Crippen LogP contribution in [0.4, 0.5) is 0 Å². The molecule has 0 aromatic carbocycles. The third kappa shape index (κ3) is 2.12. The SMILES string of the molecule is NC(c1cccnc1)P(=O)(O)O. The van der Waals surface area contributed by atoms with E-state index in [1.807, 2.05) is 0 Å². The molecule has 1 unspecified atom stereocenters. The minimum Gasteiger partial charge on any atom is -0.323 e. The summed E-state index contributed by atoms with van der Waals surface area (Å²) in [6.45, 7) is 0. The molecule has 0 aliphatic heterocycles. The first-order chi connectivity index (χ1) is 5.52. The van der Waals surface area contributed by atoms with Gasteiger partial charge in [-0.2, -0.15) is 0 Å². The first kappa shape index (κ1) is 9.35. The quantitative estimate of drug-likeness (QED) is 0.576. The van der Waals surface area contributed by atoms with Gasteiger partial charge >= 0.3 is 7.60 Å². The van der Waals surface area contributed by atoms with Crippen LogP contribution in [-0.4, -0.2) is 14.8 Å². The number of nitrogens with zero attached hydrogens (tertiary/aromatic N) is 1. The maximum atomic E-state index is 10.7. The van der Waals surface area contributed by atoms with Gasteiger partial charge in [0.25, 0.3) is 0 Å². The van der Waals surface area contributed by atoms with Gasteiger partial charge in [-0.05, 0) is 11.6 Å². The van der Waals surface area contributed by atoms with Gasteiger partial charge < -0.3 is 15.5 Å². The number of hydrogen-bond acceptors (Lipinski definition) is 3. The highest BCUT2D eigenvalue weighted by Crippen LogP contribution is 2.47. The molecule has 66 valence electrons. The predicted octanol–water partition coefficient (Wildman–Crippen LogP) is 0.217. The zero-order chi connectivity index (χ0) is 9.19. The van der Waals surface area contributed by atoms with E-state index in [2.05, 4.69) is 4.98 Å². The number of hydrogen-bond donors (Lipinski definition) is 3. The van der Waals surface area contributed by atoms with Gasteiger partial charge in [0.05, 0.1) is 0 Å². The van der Waals surface area contributed by atoms with E-state index >= 15 is 0 Å². The minimum absolute atomic E-state index is 0.339. The maximum absolute atomic E-state index is 10.7. The van der Waals surface area contributed by atoms with E-state index in [1.165, 1.54) is 18.5 Å². The second kappa shape index (κ2) is 3.33. The van der Waals surface area contributed by atoms with Crippen LogP contribution in [-0.2, 0) is 4.57 Å². The maximum Gasteiger partial charge on any atom is 0.346 e. The highest BCUT2D eigenvalue weighted by atomic mass is 31.2. The van der Waals surface area contributed by atoms with E-state index in [0.29, 0.717) is 5.56 Å². The number of nitrogens with two attached hydrogens (primary N) is 1. The van der Waals surface area contributed by atoms with Crippen LogP contribution in [0.1, 0.15) is 11.3 Å². The summed E-state index contributed by atoms with van der Waals surface area (Å²) in [4.78, 5) is 21.1. The Balaban J connectivity index is 2.94. The molecular weight excluding hydrogens is 179 g/mol. The lowest BCUT2D eigenvalue weighted by Gasteiger charge is -2.12. The van der Waals surface area contributed by atoms with Gasteiger partial charge in [-0.15, -0.1) is 0 Å². The highest BCUT2D eigenvalue weighted by Gasteiger charge is 2.25. The van der Waals surface area contributed by atoms with Crippen LogP contribution in [0.15, 0.2) is 24.5 Å². The number of pyridine rings is 1. The van der Waals surface area contributed by atoms with Crippen LogP contribution in [0.2, 0.25) is 0 Å². The molecule has 0 aliphatic carbocycles. The fraction of sp³-hybridized carbons (Fsp3) is 0.167. The third-order valence-electron chi connectivity index (χ3n) is 1.39. The standard InChI is InChI=1S/C6H9N2O3P/c7-6(12(9,10)11)5-2-1-3-8-4-5/h1-4,6H,7H2,(H2,9,10,11). The molecule has 0 radical (unpaired) electrons. The Kier molecular flexibility index (Phi) is 2.59. The van der Waals surface area contributed by atoms with Crippen LogP contribution in [0.3, 0.4) is 0 Å². The average Bonchev–Trinajstić information content (AvgIpc) is 2.03. The molecule has 4 N–H and O–H groups in total. The van der Waals surface area contributed by atoms with Gasteiger partial charge in [-0.3, -0.25) is 9.55 Å². The van der Waals surface area contributed by atoms with E-state index in [1.54, 1.807) is 6.07 Å². The van der Waals surface area contributed by atoms with Crippen LogP contribution < -0.4 is 5.73 Å². The lowest BCUT2D eigenvalue weighted by atomic mass is 10.3. The van der Waals surface area contributed by atoms with E-state index in [4.69, 9.17) is 15.5 Å². The van der Waals surface area contributed by atoms with Crippen molar-refractivity contribution in [2.24, 2.45) is 5.73 Å². The lowest BCUT2D eigenvalue weighted by Crippen LogP contribution is -2.10. The van der Waals surface area contributed by atoms with Crippen molar-refractivity contribution in [3.63, 3.8) is 0 Å². The lowest BCUT2D eigenvalue weighted by molar-refractivity contribution is 0.359. The number of aromatic nitrogens is 1. The largest absolute Gasteiger partial charge is 0.346 e. The molecule has 1 atom stereocenters. The molecule has 0 fully saturated rings. The smallest absolute Gasteiger partial charge is 0.323 e. The molecule has 5 nitrogen and oxygen atoms in total. The predicted molar refractivity (Wildman–Crippen MR) is 43.2 cm³/mol. The van der Waals surface area contributed by atoms with Crippen molar-refractivity contribution < 1.29 is 14.4 Å². The minimum atomic E-state index is -4.24. The van der Waals surface area contributed by atoms with Gasteiger partial charge in [0, 0.05) is 12.4 Å². The summed E-state index contributed by atoms with van der Waals surface area (Å²) in [5, 5.41) is 0. The first-order valence-corrected chi connectivity index (χ1v) is 4.90. The zero-order valence-corrected chi connectivity index (χ0v) is 7.06. The van der Waals surface area contributed by atoms with Crippen LogP contribution in [0.5, 0.6) is 0 Å². The second-order valence-electron chi connectivity index (χ2n) is 2.32. The Labute approximate surface area is 69.4 Å². The van der Waals surface area contributed by atoms with Gasteiger partial charge in [-0.1, -0.05) is 6.07 Å². The fourth-order valence-corrected chi connectivity index (χ4v) is 1.29. The molecule has 0 aliphatic rings. The Morgan fingerprint density at radius 2 is 2.25 bits per heavy atom. The summed E-state index contributed by atoms with van der Waals surface area (Å²) >= 11 is 0. The Morgan fingerprint density at radius 1 is 1.58 bits per heavy atom. The molecular formula is C6H9N2O3P. The van der Waals surface area contributed by atoms with Gasteiger partial charge in [-0.25, -0.2) is 0 Å². The zero-order valence-electron chi connectivity index (χ0n) is 6.16. The molecule has 1 heterocycles. The van der Waals surface area contributed by atoms with E-state index in [-0.39, 0.29) is 0 Å². The molecule has 0 amide bonds. The van der Waals surface area contributed by atoms with Crippen molar-refractivity contribution in [1.29, 1.82) is 0 Å². The van der Waals surface area contributed by atoms with Crippen LogP contribution in [0, 0.1) is 0 Å². The van der Waals surface area contributed by atoms with Gasteiger partial charge in [0.15, 0.2) is 0 Å². The van der Waals surface area contributed by atoms with Crippen molar-refractivity contribution in [3.8, 4) is 0 Å². The molecule has 6 heteroatoms. The summed E-state index contributed by atoms with van der Waals surface area (Å²) in [6.07, 6.45) is 2.85. The van der Waals surface area contributed by atoms with Crippen molar-refractivity contribution in [3.05, 3.63) is 30.1 Å². The Morgan fingerprint density at radius 3 is 2.67 bits per heavy atom. The van der Waals surface area contributed by atoms with Crippen molar-refractivity contribution in [2.45, 2.75) is 5.78 Å². The summed E-state index contributed by atoms with van der Waals surface area (Å²) in [6, 6.07) is 3.10. The first-order valence-electron chi connectivity index (χ1n) is 3.22. The molecule has 1 aromatic heterocycles. The molecule has 0 saturated heterocycles. The van der Waals surface area contributed by atoms with Crippen LogP contribution >= 0.6 is 7.60 Å². The van der Waals surface area contributed by atoms with Crippen molar-refractivity contribution in [1.82, 2.24) is 4.98 Å². The Hall–Kier alpha value is -0.740. The highest BCUT2D eigenvalue weighted by molar-refractivity contribution is 7.52. The van der Waals surface area contributed by atoms with E-state index < -0.39 is 13.4 Å². The van der Waals surface area contributed by atoms with Crippen LogP contribution in [0.25, 0.3) is 0 Å². The number of rotatable bonds is 2. The molecule has 0 spiro atoms. The summed E-state index contributed by atoms with van der Waals surface area (Å²) in [5.41, 5.74) is 5.61. The fourth-order valence-electron chi connectivity index (χ4n) is 0.745. The molecule has 0 bridgehead atoms. The molecule has 1 aromatic rings. The van der Waals surface area contributed by atoms with Gasteiger partial charge in [0.2, 0.25) is 0 Å². The van der Waals surface area contributed by atoms with Crippen molar-refractivity contribution >= 4 is 7.60 Å².